The van der Waals surface area contributed by atoms with Crippen LogP contribution in [0.5, 0.6) is 11.5 Å². The summed E-state index contributed by atoms with van der Waals surface area (Å²) in [5.41, 5.74) is 1.46. The largest absolute Gasteiger partial charge is 0.454 e. The number of anilines is 1. The van der Waals surface area contributed by atoms with Gasteiger partial charge in [0.15, 0.2) is 11.5 Å². The van der Waals surface area contributed by atoms with E-state index in [4.69, 9.17) is 9.47 Å². The minimum absolute atomic E-state index is 0.0639. The fourth-order valence-corrected chi connectivity index (χ4v) is 3.45. The molecule has 4 rings (SSSR count). The van der Waals surface area contributed by atoms with Gasteiger partial charge in [0.2, 0.25) is 18.6 Å². The molecular formula is C19H22N4O4. The van der Waals surface area contributed by atoms with Gasteiger partial charge in [-0.1, -0.05) is 6.07 Å². The van der Waals surface area contributed by atoms with Crippen molar-refractivity contribution in [2.24, 2.45) is 0 Å². The molecule has 1 amide bonds. The lowest BCUT2D eigenvalue weighted by Gasteiger charge is -2.17. The van der Waals surface area contributed by atoms with Crippen molar-refractivity contribution < 1.29 is 14.3 Å². The summed E-state index contributed by atoms with van der Waals surface area (Å²) in [7, 11) is 3.66. The van der Waals surface area contributed by atoms with Crippen LogP contribution in [0.2, 0.25) is 0 Å². The standard InChI is InChI=1S/C19H22N4O4/c1-22(2)19-20-14(9-17(24)21-19)13-5-6-23(10-13)18(25)8-12-3-4-15-16(7-12)27-11-26-15/h3-4,7,9,13H,5-6,8,10-11H2,1-2H3,(H,20,21,24). The molecule has 0 spiro atoms. The van der Waals surface area contributed by atoms with Crippen LogP contribution in [-0.4, -0.2) is 54.8 Å². The molecule has 1 unspecified atom stereocenters. The first-order valence-corrected chi connectivity index (χ1v) is 8.94. The average Bonchev–Trinajstić information content (AvgIpc) is 3.30. The van der Waals surface area contributed by atoms with Crippen molar-refractivity contribution in [3.8, 4) is 11.5 Å². The van der Waals surface area contributed by atoms with Crippen molar-refractivity contribution in [1.82, 2.24) is 14.9 Å². The van der Waals surface area contributed by atoms with Crippen LogP contribution < -0.4 is 19.9 Å². The van der Waals surface area contributed by atoms with E-state index < -0.39 is 0 Å². The van der Waals surface area contributed by atoms with Gasteiger partial charge in [-0.05, 0) is 24.1 Å². The van der Waals surface area contributed by atoms with E-state index in [0.29, 0.717) is 37.0 Å². The Labute approximate surface area is 156 Å². The van der Waals surface area contributed by atoms with Crippen LogP contribution in [-0.2, 0) is 11.2 Å². The molecule has 2 aliphatic heterocycles. The zero-order chi connectivity index (χ0) is 19.0. The predicted octanol–water partition coefficient (Wildman–Crippen LogP) is 1.12. The van der Waals surface area contributed by atoms with Crippen LogP contribution in [0.25, 0.3) is 0 Å². The van der Waals surface area contributed by atoms with Gasteiger partial charge < -0.3 is 19.3 Å². The minimum atomic E-state index is -0.172. The molecule has 1 aromatic carbocycles. The van der Waals surface area contributed by atoms with Crippen LogP contribution in [0.15, 0.2) is 29.1 Å². The number of fused-ring (bicyclic) bond motifs is 1. The van der Waals surface area contributed by atoms with Crippen LogP contribution in [0.3, 0.4) is 0 Å². The van der Waals surface area contributed by atoms with Gasteiger partial charge in [-0.15, -0.1) is 0 Å². The molecule has 1 fully saturated rings. The van der Waals surface area contributed by atoms with E-state index in [2.05, 4.69) is 9.97 Å². The number of benzene rings is 1. The number of likely N-dealkylation sites (tertiary alicyclic amines) is 1. The molecule has 0 bridgehead atoms. The molecule has 27 heavy (non-hydrogen) atoms. The molecule has 2 aliphatic rings. The molecular weight excluding hydrogens is 348 g/mol. The van der Waals surface area contributed by atoms with Gasteiger partial charge in [0, 0.05) is 39.2 Å². The highest BCUT2D eigenvalue weighted by atomic mass is 16.7. The number of H-pyrrole nitrogens is 1. The number of aromatic nitrogens is 2. The van der Waals surface area contributed by atoms with Gasteiger partial charge in [0.1, 0.15) is 0 Å². The number of amides is 1. The molecule has 8 nitrogen and oxygen atoms in total. The Balaban J connectivity index is 1.43. The monoisotopic (exact) mass is 370 g/mol. The lowest BCUT2D eigenvalue weighted by Crippen LogP contribution is -2.30. The first-order valence-electron chi connectivity index (χ1n) is 8.94. The summed E-state index contributed by atoms with van der Waals surface area (Å²) >= 11 is 0. The maximum Gasteiger partial charge on any atom is 0.252 e. The second-order valence-electron chi connectivity index (χ2n) is 7.08. The van der Waals surface area contributed by atoms with E-state index in [1.54, 1.807) is 4.90 Å². The van der Waals surface area contributed by atoms with Crippen LogP contribution in [0.1, 0.15) is 23.6 Å². The summed E-state index contributed by atoms with van der Waals surface area (Å²) < 4.78 is 10.7. The topological polar surface area (TPSA) is 87.8 Å². The normalized spacial score (nSPS) is 18.0. The van der Waals surface area contributed by atoms with E-state index in [0.717, 1.165) is 17.7 Å². The predicted molar refractivity (Wildman–Crippen MR) is 99.4 cm³/mol. The van der Waals surface area contributed by atoms with Crippen molar-refractivity contribution in [2.45, 2.75) is 18.8 Å². The SMILES string of the molecule is CN(C)c1nc(C2CCN(C(=O)Cc3ccc4c(c3)OCO4)C2)cc(=O)[nH]1. The number of rotatable bonds is 4. The fourth-order valence-electron chi connectivity index (χ4n) is 3.45. The number of nitrogens with one attached hydrogen (secondary N) is 1. The average molecular weight is 370 g/mol. The fraction of sp³-hybridized carbons (Fsp3) is 0.421. The van der Waals surface area contributed by atoms with E-state index in [1.807, 2.05) is 37.2 Å². The lowest BCUT2D eigenvalue weighted by molar-refractivity contribution is -0.129. The van der Waals surface area contributed by atoms with Gasteiger partial charge in [0.05, 0.1) is 12.1 Å². The zero-order valence-corrected chi connectivity index (χ0v) is 15.4. The number of nitrogens with zero attached hydrogens (tertiary/aromatic N) is 3. The smallest absolute Gasteiger partial charge is 0.252 e. The summed E-state index contributed by atoms with van der Waals surface area (Å²) in [6.07, 6.45) is 1.12. The Kier molecular flexibility index (Phi) is 4.47. The Morgan fingerprint density at radius 1 is 1.30 bits per heavy atom. The van der Waals surface area contributed by atoms with Gasteiger partial charge in [-0.25, -0.2) is 4.98 Å². The van der Waals surface area contributed by atoms with Crippen LogP contribution in [0.4, 0.5) is 5.95 Å². The van der Waals surface area contributed by atoms with E-state index >= 15 is 0 Å². The van der Waals surface area contributed by atoms with E-state index in [9.17, 15) is 9.59 Å². The highest BCUT2D eigenvalue weighted by Crippen LogP contribution is 2.33. The van der Waals surface area contributed by atoms with Crippen molar-refractivity contribution in [2.75, 3.05) is 38.9 Å². The van der Waals surface area contributed by atoms with Crippen molar-refractivity contribution in [1.29, 1.82) is 0 Å². The molecule has 142 valence electrons. The van der Waals surface area contributed by atoms with Crippen molar-refractivity contribution in [3.05, 3.63) is 45.9 Å². The van der Waals surface area contributed by atoms with Crippen molar-refractivity contribution in [3.63, 3.8) is 0 Å². The van der Waals surface area contributed by atoms with Crippen LogP contribution in [0, 0.1) is 0 Å². The molecule has 3 heterocycles. The third-order valence-corrected chi connectivity index (χ3v) is 4.92. The van der Waals surface area contributed by atoms with Gasteiger partial charge in [-0.3, -0.25) is 14.6 Å². The number of hydrogen-bond donors (Lipinski definition) is 1. The molecule has 0 radical (unpaired) electrons. The minimum Gasteiger partial charge on any atom is -0.454 e. The van der Waals surface area contributed by atoms with E-state index in [1.165, 1.54) is 6.07 Å². The molecule has 1 aromatic heterocycles. The summed E-state index contributed by atoms with van der Waals surface area (Å²) in [5, 5.41) is 0. The highest BCUT2D eigenvalue weighted by molar-refractivity contribution is 5.79. The highest BCUT2D eigenvalue weighted by Gasteiger charge is 2.29. The first-order chi connectivity index (χ1) is 13.0. The Bertz CT molecular complexity index is 924. The number of hydrogen-bond acceptors (Lipinski definition) is 6. The van der Waals surface area contributed by atoms with Gasteiger partial charge in [-0.2, -0.15) is 0 Å². The Morgan fingerprint density at radius 2 is 2.11 bits per heavy atom. The van der Waals surface area contributed by atoms with Gasteiger partial charge in [0.25, 0.3) is 5.56 Å². The van der Waals surface area contributed by atoms with E-state index in [-0.39, 0.29) is 24.2 Å². The summed E-state index contributed by atoms with van der Waals surface area (Å²) in [6, 6.07) is 7.11. The molecule has 2 aromatic rings. The molecule has 1 saturated heterocycles. The third kappa shape index (κ3) is 3.60. The molecule has 0 aliphatic carbocycles. The quantitative estimate of drug-likeness (QED) is 0.868. The van der Waals surface area contributed by atoms with Crippen molar-refractivity contribution >= 4 is 11.9 Å². The second kappa shape index (κ2) is 6.94. The molecule has 8 heteroatoms. The number of carbonyl (C=O) groups is 1. The summed E-state index contributed by atoms with van der Waals surface area (Å²) in [6.45, 7) is 1.46. The first kappa shape index (κ1) is 17.4. The van der Waals surface area contributed by atoms with Gasteiger partial charge >= 0.3 is 0 Å². The summed E-state index contributed by atoms with van der Waals surface area (Å²) in [4.78, 5) is 35.4. The molecule has 1 N–H and O–H groups in total. The maximum absolute atomic E-state index is 12.7. The number of ether oxygens (including phenoxy) is 2. The Hall–Kier alpha value is -3.03. The lowest BCUT2D eigenvalue weighted by atomic mass is 10.0. The number of aromatic amines is 1. The third-order valence-electron chi connectivity index (χ3n) is 4.92. The molecule has 0 saturated carbocycles. The van der Waals surface area contributed by atoms with Crippen LogP contribution >= 0.6 is 0 Å². The maximum atomic E-state index is 12.7. The second-order valence-corrected chi connectivity index (χ2v) is 7.08. The zero-order valence-electron chi connectivity index (χ0n) is 15.4. The Morgan fingerprint density at radius 3 is 2.93 bits per heavy atom. The summed E-state index contributed by atoms with van der Waals surface area (Å²) in [5.74, 6) is 2.07. The molecule has 1 atom stereocenters. The number of carbonyl (C=O) groups excluding carboxylic acids is 1.